The van der Waals surface area contributed by atoms with Gasteiger partial charge >= 0.3 is 0 Å². The highest BCUT2D eigenvalue weighted by Crippen LogP contribution is 2.07. The standard InChI is InChI=1S/C10H15N3O3/c1-4-9(14)11-7(3)10(15)12-8-5-6(2)16-13-8/h5,7H,4H2,1-3H3,(H,11,14)(H,12,13,15)/t7-/m1/s1. The first-order chi connectivity index (χ1) is 7.52. The molecule has 1 atom stereocenters. The van der Waals surface area contributed by atoms with Gasteiger partial charge in [0, 0.05) is 12.5 Å². The summed E-state index contributed by atoms with van der Waals surface area (Å²) in [6, 6.07) is 1.01. The lowest BCUT2D eigenvalue weighted by Gasteiger charge is -2.11. The number of amides is 2. The highest BCUT2D eigenvalue weighted by molar-refractivity contribution is 5.96. The molecule has 0 radical (unpaired) electrons. The molecule has 0 saturated carbocycles. The van der Waals surface area contributed by atoms with Crippen LogP contribution in [0.2, 0.25) is 0 Å². The predicted octanol–water partition coefficient (Wildman–Crippen LogP) is 0.836. The van der Waals surface area contributed by atoms with Crippen molar-refractivity contribution in [1.29, 1.82) is 0 Å². The van der Waals surface area contributed by atoms with Crippen LogP contribution in [-0.4, -0.2) is 23.0 Å². The van der Waals surface area contributed by atoms with Crippen molar-refractivity contribution in [3.05, 3.63) is 11.8 Å². The molecule has 6 heteroatoms. The van der Waals surface area contributed by atoms with Crippen LogP contribution in [-0.2, 0) is 9.59 Å². The van der Waals surface area contributed by atoms with Gasteiger partial charge in [-0.2, -0.15) is 0 Å². The number of hydrogen-bond donors (Lipinski definition) is 2. The average molecular weight is 225 g/mol. The number of carbonyl (C=O) groups is 2. The number of carbonyl (C=O) groups excluding carboxylic acids is 2. The summed E-state index contributed by atoms with van der Waals surface area (Å²) in [7, 11) is 0. The van der Waals surface area contributed by atoms with Crippen molar-refractivity contribution < 1.29 is 14.1 Å². The fourth-order valence-electron chi connectivity index (χ4n) is 1.07. The minimum absolute atomic E-state index is 0.168. The number of nitrogens with zero attached hydrogens (tertiary/aromatic N) is 1. The van der Waals surface area contributed by atoms with Crippen LogP contribution in [0.1, 0.15) is 26.0 Å². The van der Waals surface area contributed by atoms with E-state index < -0.39 is 6.04 Å². The van der Waals surface area contributed by atoms with Crippen molar-refractivity contribution >= 4 is 17.6 Å². The third kappa shape index (κ3) is 3.38. The van der Waals surface area contributed by atoms with Gasteiger partial charge in [0.25, 0.3) is 0 Å². The Morgan fingerprint density at radius 2 is 2.25 bits per heavy atom. The number of hydrogen-bond acceptors (Lipinski definition) is 4. The third-order valence-electron chi connectivity index (χ3n) is 1.97. The summed E-state index contributed by atoms with van der Waals surface area (Å²) < 4.78 is 4.80. The molecule has 1 aromatic heterocycles. The van der Waals surface area contributed by atoms with Crippen LogP contribution in [0.4, 0.5) is 5.82 Å². The lowest BCUT2D eigenvalue weighted by Crippen LogP contribution is -2.41. The fraction of sp³-hybridized carbons (Fsp3) is 0.500. The summed E-state index contributed by atoms with van der Waals surface area (Å²) >= 11 is 0. The van der Waals surface area contributed by atoms with Gasteiger partial charge < -0.3 is 15.2 Å². The first kappa shape index (κ1) is 12.2. The Balaban J connectivity index is 2.49. The van der Waals surface area contributed by atoms with Crippen LogP contribution in [0.5, 0.6) is 0 Å². The Morgan fingerprint density at radius 1 is 1.56 bits per heavy atom. The van der Waals surface area contributed by atoms with Crippen molar-refractivity contribution in [2.45, 2.75) is 33.2 Å². The zero-order valence-corrected chi connectivity index (χ0v) is 9.53. The molecular formula is C10H15N3O3. The molecule has 16 heavy (non-hydrogen) atoms. The summed E-state index contributed by atoms with van der Waals surface area (Å²) in [5, 5.41) is 8.70. The molecule has 0 spiro atoms. The lowest BCUT2D eigenvalue weighted by molar-refractivity contribution is -0.125. The maximum atomic E-state index is 11.6. The van der Waals surface area contributed by atoms with Crippen LogP contribution >= 0.6 is 0 Å². The minimum atomic E-state index is -0.593. The van der Waals surface area contributed by atoms with Crippen molar-refractivity contribution in [2.24, 2.45) is 0 Å². The monoisotopic (exact) mass is 225 g/mol. The van der Waals surface area contributed by atoms with Crippen LogP contribution in [0, 0.1) is 6.92 Å². The van der Waals surface area contributed by atoms with Gasteiger partial charge in [-0.25, -0.2) is 0 Å². The SMILES string of the molecule is CCC(=O)N[C@H](C)C(=O)Nc1cc(C)on1. The van der Waals surface area contributed by atoms with Crippen molar-refractivity contribution in [3.8, 4) is 0 Å². The summed E-state index contributed by atoms with van der Waals surface area (Å²) in [4.78, 5) is 22.6. The van der Waals surface area contributed by atoms with Gasteiger partial charge in [0.1, 0.15) is 11.8 Å². The molecule has 88 valence electrons. The highest BCUT2D eigenvalue weighted by Gasteiger charge is 2.15. The quantitative estimate of drug-likeness (QED) is 0.795. The molecule has 1 aromatic rings. The first-order valence-electron chi connectivity index (χ1n) is 5.06. The second kappa shape index (κ2) is 5.29. The molecule has 0 aliphatic heterocycles. The summed E-state index contributed by atoms with van der Waals surface area (Å²) in [5.74, 6) is 0.467. The number of anilines is 1. The van der Waals surface area contributed by atoms with E-state index in [-0.39, 0.29) is 11.8 Å². The molecule has 2 amide bonds. The largest absolute Gasteiger partial charge is 0.360 e. The summed E-state index contributed by atoms with van der Waals surface area (Å²) in [6.45, 7) is 5.06. The highest BCUT2D eigenvalue weighted by atomic mass is 16.5. The second-order valence-corrected chi connectivity index (χ2v) is 3.45. The zero-order chi connectivity index (χ0) is 12.1. The van der Waals surface area contributed by atoms with E-state index in [4.69, 9.17) is 4.52 Å². The molecule has 6 nitrogen and oxygen atoms in total. The van der Waals surface area contributed by atoms with Gasteiger partial charge in [0.05, 0.1) is 0 Å². The van der Waals surface area contributed by atoms with Crippen LogP contribution in [0.3, 0.4) is 0 Å². The Labute approximate surface area is 93.4 Å². The second-order valence-electron chi connectivity index (χ2n) is 3.45. The molecule has 1 rings (SSSR count). The Hall–Kier alpha value is -1.85. The number of aryl methyl sites for hydroxylation is 1. The topological polar surface area (TPSA) is 84.2 Å². The average Bonchev–Trinajstić information content (AvgIpc) is 2.63. The summed E-state index contributed by atoms with van der Waals surface area (Å²) in [5.41, 5.74) is 0. The molecule has 2 N–H and O–H groups in total. The normalized spacial score (nSPS) is 11.9. The minimum Gasteiger partial charge on any atom is -0.360 e. The maximum Gasteiger partial charge on any atom is 0.247 e. The Morgan fingerprint density at radius 3 is 2.75 bits per heavy atom. The van der Waals surface area contributed by atoms with E-state index in [0.29, 0.717) is 18.0 Å². The number of nitrogens with one attached hydrogen (secondary N) is 2. The third-order valence-corrected chi connectivity index (χ3v) is 1.97. The molecule has 0 aliphatic carbocycles. The number of aromatic nitrogens is 1. The molecule has 0 unspecified atom stereocenters. The maximum absolute atomic E-state index is 11.6. The summed E-state index contributed by atoms with van der Waals surface area (Å²) in [6.07, 6.45) is 0.348. The molecule has 1 heterocycles. The smallest absolute Gasteiger partial charge is 0.247 e. The predicted molar refractivity (Wildman–Crippen MR) is 57.8 cm³/mol. The lowest BCUT2D eigenvalue weighted by atomic mass is 10.3. The van der Waals surface area contributed by atoms with Gasteiger partial charge in [-0.15, -0.1) is 0 Å². The zero-order valence-electron chi connectivity index (χ0n) is 9.53. The molecule has 0 bridgehead atoms. The molecule has 0 fully saturated rings. The fourth-order valence-corrected chi connectivity index (χ4v) is 1.07. The van der Waals surface area contributed by atoms with E-state index >= 15 is 0 Å². The van der Waals surface area contributed by atoms with E-state index in [1.807, 2.05) is 0 Å². The van der Waals surface area contributed by atoms with E-state index in [1.165, 1.54) is 0 Å². The van der Waals surface area contributed by atoms with E-state index in [9.17, 15) is 9.59 Å². The van der Waals surface area contributed by atoms with E-state index in [1.54, 1.807) is 26.8 Å². The van der Waals surface area contributed by atoms with Crippen molar-refractivity contribution in [1.82, 2.24) is 10.5 Å². The molecule has 0 aromatic carbocycles. The molecule has 0 saturated heterocycles. The van der Waals surface area contributed by atoms with E-state index in [0.717, 1.165) is 0 Å². The van der Waals surface area contributed by atoms with Gasteiger partial charge in [-0.05, 0) is 13.8 Å². The van der Waals surface area contributed by atoms with Crippen LogP contribution in [0.15, 0.2) is 10.6 Å². The van der Waals surface area contributed by atoms with Crippen molar-refractivity contribution in [2.75, 3.05) is 5.32 Å². The van der Waals surface area contributed by atoms with Gasteiger partial charge in [-0.1, -0.05) is 12.1 Å². The van der Waals surface area contributed by atoms with Crippen LogP contribution < -0.4 is 10.6 Å². The Kier molecular flexibility index (Phi) is 4.04. The van der Waals surface area contributed by atoms with Gasteiger partial charge in [-0.3, -0.25) is 9.59 Å². The molecule has 0 aliphatic rings. The number of rotatable bonds is 4. The van der Waals surface area contributed by atoms with E-state index in [2.05, 4.69) is 15.8 Å². The molecular weight excluding hydrogens is 210 g/mol. The van der Waals surface area contributed by atoms with Gasteiger partial charge in [0.15, 0.2) is 5.82 Å². The Bertz CT molecular complexity index is 386. The van der Waals surface area contributed by atoms with Gasteiger partial charge in [0.2, 0.25) is 11.8 Å². The first-order valence-corrected chi connectivity index (χ1v) is 5.06. The van der Waals surface area contributed by atoms with Crippen molar-refractivity contribution in [3.63, 3.8) is 0 Å². The van der Waals surface area contributed by atoms with Crippen LogP contribution in [0.25, 0.3) is 0 Å².